The third kappa shape index (κ3) is 3.54. The summed E-state index contributed by atoms with van der Waals surface area (Å²) >= 11 is 3.27. The van der Waals surface area contributed by atoms with E-state index in [0.29, 0.717) is 13.0 Å². The molecule has 0 saturated heterocycles. The van der Waals surface area contributed by atoms with Gasteiger partial charge in [0, 0.05) is 23.2 Å². The lowest BCUT2D eigenvalue weighted by atomic mass is 10.3. The van der Waals surface area contributed by atoms with Gasteiger partial charge in [-0.2, -0.15) is 0 Å². The van der Waals surface area contributed by atoms with E-state index in [2.05, 4.69) is 29.4 Å². The van der Waals surface area contributed by atoms with Gasteiger partial charge < -0.3 is 10.4 Å². The number of carboxylic acids is 1. The monoisotopic (exact) mass is 282 g/mol. The van der Waals surface area contributed by atoms with E-state index in [9.17, 15) is 4.79 Å². The van der Waals surface area contributed by atoms with Crippen LogP contribution in [0.25, 0.3) is 10.6 Å². The second-order valence-corrected chi connectivity index (χ2v) is 6.02. The largest absolute Gasteiger partial charge is 0.481 e. The SMILES string of the molecule is Cc1ccc(-c2csc(NCCCC(=O)O)n2)s1. The van der Waals surface area contributed by atoms with E-state index in [4.69, 9.17) is 5.11 Å². The highest BCUT2D eigenvalue weighted by Gasteiger charge is 2.06. The Kier molecular flexibility index (Phi) is 4.33. The molecule has 2 aromatic heterocycles. The molecule has 0 amide bonds. The molecule has 0 aromatic carbocycles. The molecule has 2 aromatic rings. The van der Waals surface area contributed by atoms with Crippen molar-refractivity contribution in [3.8, 4) is 10.6 Å². The molecule has 2 N–H and O–H groups in total. The van der Waals surface area contributed by atoms with Crippen molar-refractivity contribution in [2.75, 3.05) is 11.9 Å². The average Bonchev–Trinajstić information content (AvgIpc) is 2.93. The first kappa shape index (κ1) is 13.0. The van der Waals surface area contributed by atoms with Gasteiger partial charge in [-0.15, -0.1) is 22.7 Å². The van der Waals surface area contributed by atoms with Gasteiger partial charge in [-0.1, -0.05) is 0 Å². The van der Waals surface area contributed by atoms with Crippen molar-refractivity contribution in [3.63, 3.8) is 0 Å². The molecular formula is C12H14N2O2S2. The minimum Gasteiger partial charge on any atom is -0.481 e. The van der Waals surface area contributed by atoms with Crippen molar-refractivity contribution < 1.29 is 9.90 Å². The fourth-order valence-corrected chi connectivity index (χ4v) is 3.12. The van der Waals surface area contributed by atoms with E-state index < -0.39 is 5.97 Å². The number of thiazole rings is 1. The van der Waals surface area contributed by atoms with E-state index in [1.54, 1.807) is 22.7 Å². The molecule has 0 bridgehead atoms. The van der Waals surface area contributed by atoms with E-state index in [-0.39, 0.29) is 6.42 Å². The van der Waals surface area contributed by atoms with Gasteiger partial charge >= 0.3 is 5.97 Å². The number of carboxylic acid groups (broad SMARTS) is 1. The van der Waals surface area contributed by atoms with Gasteiger partial charge in [0.05, 0.1) is 10.6 Å². The van der Waals surface area contributed by atoms with Gasteiger partial charge in [0.25, 0.3) is 0 Å². The summed E-state index contributed by atoms with van der Waals surface area (Å²) in [5.74, 6) is -0.759. The van der Waals surface area contributed by atoms with Crippen LogP contribution >= 0.6 is 22.7 Å². The van der Waals surface area contributed by atoms with Crippen molar-refractivity contribution in [3.05, 3.63) is 22.4 Å². The summed E-state index contributed by atoms with van der Waals surface area (Å²) in [6, 6.07) is 4.16. The maximum atomic E-state index is 10.4. The zero-order chi connectivity index (χ0) is 13.0. The number of aromatic nitrogens is 1. The van der Waals surface area contributed by atoms with E-state index in [1.807, 2.05) is 5.38 Å². The predicted octanol–water partition coefficient (Wildman–Crippen LogP) is 3.46. The fraction of sp³-hybridized carbons (Fsp3) is 0.333. The summed E-state index contributed by atoms with van der Waals surface area (Å²) in [7, 11) is 0. The average molecular weight is 282 g/mol. The fourth-order valence-electron chi connectivity index (χ4n) is 1.48. The molecule has 0 radical (unpaired) electrons. The summed E-state index contributed by atoms with van der Waals surface area (Å²) in [5, 5.41) is 14.5. The first-order valence-electron chi connectivity index (χ1n) is 5.63. The van der Waals surface area contributed by atoms with Crippen LogP contribution in [0.15, 0.2) is 17.5 Å². The molecule has 2 heterocycles. The highest BCUT2D eigenvalue weighted by Crippen LogP contribution is 2.30. The van der Waals surface area contributed by atoms with Crippen LogP contribution in [0.3, 0.4) is 0 Å². The Hall–Kier alpha value is -1.40. The second-order valence-electron chi connectivity index (χ2n) is 3.87. The number of anilines is 1. The Morgan fingerprint density at radius 1 is 1.50 bits per heavy atom. The molecule has 0 aliphatic heterocycles. The number of nitrogens with one attached hydrogen (secondary N) is 1. The molecule has 0 spiro atoms. The van der Waals surface area contributed by atoms with Gasteiger partial charge in [0.15, 0.2) is 5.13 Å². The van der Waals surface area contributed by atoms with Crippen molar-refractivity contribution in [2.45, 2.75) is 19.8 Å². The summed E-state index contributed by atoms with van der Waals surface area (Å²) in [5.41, 5.74) is 0.985. The number of hydrogen-bond acceptors (Lipinski definition) is 5. The van der Waals surface area contributed by atoms with Crippen LogP contribution in [0.1, 0.15) is 17.7 Å². The minimum atomic E-state index is -0.759. The smallest absolute Gasteiger partial charge is 0.303 e. The normalized spacial score (nSPS) is 10.5. The van der Waals surface area contributed by atoms with Crippen LogP contribution in [0, 0.1) is 6.92 Å². The lowest BCUT2D eigenvalue weighted by Crippen LogP contribution is -2.04. The third-order valence-electron chi connectivity index (χ3n) is 2.34. The minimum absolute atomic E-state index is 0.190. The molecule has 0 aliphatic rings. The lowest BCUT2D eigenvalue weighted by molar-refractivity contribution is -0.137. The zero-order valence-corrected chi connectivity index (χ0v) is 11.6. The molecule has 96 valence electrons. The standard InChI is InChI=1S/C12H14N2O2S2/c1-8-4-5-10(18-8)9-7-17-12(14-9)13-6-2-3-11(15)16/h4-5,7H,2-3,6H2,1H3,(H,13,14)(H,15,16). The molecule has 0 fully saturated rings. The Balaban J connectivity index is 1.88. The number of thiophene rings is 1. The molecule has 0 saturated carbocycles. The maximum absolute atomic E-state index is 10.4. The van der Waals surface area contributed by atoms with Gasteiger partial charge in [-0.25, -0.2) is 4.98 Å². The summed E-state index contributed by atoms with van der Waals surface area (Å²) in [6.45, 7) is 2.72. The molecular weight excluding hydrogens is 268 g/mol. The number of carbonyl (C=O) groups is 1. The van der Waals surface area contributed by atoms with Crippen LogP contribution < -0.4 is 5.32 Å². The van der Waals surface area contributed by atoms with Crippen molar-refractivity contribution in [1.82, 2.24) is 4.98 Å². The third-order valence-corrected chi connectivity index (χ3v) is 4.16. The van der Waals surface area contributed by atoms with Crippen molar-refractivity contribution in [1.29, 1.82) is 0 Å². The van der Waals surface area contributed by atoms with Crippen LogP contribution in [0.4, 0.5) is 5.13 Å². The predicted molar refractivity (Wildman–Crippen MR) is 75.5 cm³/mol. The van der Waals surface area contributed by atoms with Gasteiger partial charge in [-0.3, -0.25) is 4.79 Å². The summed E-state index contributed by atoms with van der Waals surface area (Å²) < 4.78 is 0. The summed E-state index contributed by atoms with van der Waals surface area (Å²) in [4.78, 5) is 17.3. The quantitative estimate of drug-likeness (QED) is 0.797. The van der Waals surface area contributed by atoms with E-state index in [1.165, 1.54) is 9.75 Å². The number of hydrogen-bond donors (Lipinski definition) is 2. The topological polar surface area (TPSA) is 62.2 Å². The van der Waals surface area contributed by atoms with Crippen molar-refractivity contribution in [2.24, 2.45) is 0 Å². The lowest BCUT2D eigenvalue weighted by Gasteiger charge is -1.99. The summed E-state index contributed by atoms with van der Waals surface area (Å²) in [6.07, 6.45) is 0.803. The van der Waals surface area contributed by atoms with Gasteiger partial charge in [-0.05, 0) is 25.5 Å². The first-order valence-corrected chi connectivity index (χ1v) is 7.33. The Morgan fingerprint density at radius 3 is 3.00 bits per heavy atom. The Bertz CT molecular complexity index is 534. The second kappa shape index (κ2) is 5.97. The van der Waals surface area contributed by atoms with E-state index in [0.717, 1.165) is 10.8 Å². The van der Waals surface area contributed by atoms with Crippen LogP contribution in [-0.2, 0) is 4.79 Å². The van der Waals surface area contributed by atoms with Crippen LogP contribution in [0.2, 0.25) is 0 Å². The molecule has 18 heavy (non-hydrogen) atoms. The molecule has 2 rings (SSSR count). The molecule has 0 atom stereocenters. The maximum Gasteiger partial charge on any atom is 0.303 e. The highest BCUT2D eigenvalue weighted by atomic mass is 32.1. The number of nitrogens with zero attached hydrogens (tertiary/aromatic N) is 1. The zero-order valence-electron chi connectivity index (χ0n) is 9.97. The molecule has 6 heteroatoms. The number of aryl methyl sites for hydroxylation is 1. The number of rotatable bonds is 6. The first-order chi connectivity index (χ1) is 8.65. The van der Waals surface area contributed by atoms with Gasteiger partial charge in [0.1, 0.15) is 0 Å². The highest BCUT2D eigenvalue weighted by molar-refractivity contribution is 7.16. The Labute approximate surface area is 113 Å². The van der Waals surface area contributed by atoms with Gasteiger partial charge in [0.2, 0.25) is 0 Å². The molecule has 4 nitrogen and oxygen atoms in total. The Morgan fingerprint density at radius 2 is 2.33 bits per heavy atom. The van der Waals surface area contributed by atoms with E-state index >= 15 is 0 Å². The van der Waals surface area contributed by atoms with Crippen LogP contribution in [0.5, 0.6) is 0 Å². The molecule has 0 aliphatic carbocycles. The number of aliphatic carboxylic acids is 1. The van der Waals surface area contributed by atoms with Crippen molar-refractivity contribution >= 4 is 33.8 Å². The van der Waals surface area contributed by atoms with Crippen LogP contribution in [-0.4, -0.2) is 22.6 Å². The molecule has 0 unspecified atom stereocenters.